The summed E-state index contributed by atoms with van der Waals surface area (Å²) < 4.78 is 12.2. The van der Waals surface area contributed by atoms with Gasteiger partial charge in [-0.1, -0.05) is 0 Å². The molecule has 7 heteroatoms. The van der Waals surface area contributed by atoms with Crippen molar-refractivity contribution in [3.05, 3.63) is 47.9 Å². The highest BCUT2D eigenvalue weighted by Gasteiger charge is 2.43. The lowest BCUT2D eigenvalue weighted by molar-refractivity contribution is -0.0562. The predicted molar refractivity (Wildman–Crippen MR) is 102 cm³/mol. The number of pyridine rings is 1. The van der Waals surface area contributed by atoms with Gasteiger partial charge in [-0.15, -0.1) is 5.10 Å². The first-order valence-corrected chi connectivity index (χ1v) is 9.58. The van der Waals surface area contributed by atoms with Gasteiger partial charge in [0.1, 0.15) is 11.4 Å². The number of nitrogens with zero attached hydrogens (tertiary/aromatic N) is 4. The third-order valence-electron chi connectivity index (χ3n) is 5.24. The van der Waals surface area contributed by atoms with Gasteiger partial charge in [0.05, 0.1) is 25.5 Å². The fourth-order valence-corrected chi connectivity index (χ4v) is 3.89. The van der Waals surface area contributed by atoms with E-state index in [-0.39, 0.29) is 5.60 Å². The summed E-state index contributed by atoms with van der Waals surface area (Å²) in [5.41, 5.74) is 1.99. The molecule has 2 aromatic rings. The summed E-state index contributed by atoms with van der Waals surface area (Å²) >= 11 is 0. The summed E-state index contributed by atoms with van der Waals surface area (Å²) in [5, 5.41) is 11.7. The number of hydrogen-bond donors (Lipinski definition) is 1. The molecule has 4 rings (SSSR count). The fourth-order valence-electron chi connectivity index (χ4n) is 3.89. The van der Waals surface area contributed by atoms with Crippen LogP contribution in [0.3, 0.4) is 0 Å². The van der Waals surface area contributed by atoms with Crippen molar-refractivity contribution in [3.63, 3.8) is 0 Å². The van der Waals surface area contributed by atoms with E-state index in [1.165, 1.54) is 5.56 Å². The lowest BCUT2D eigenvalue weighted by Gasteiger charge is -2.31. The fraction of sp³-hybridized carbons (Fsp3) is 0.550. The van der Waals surface area contributed by atoms with Gasteiger partial charge in [-0.25, -0.2) is 0 Å². The third kappa shape index (κ3) is 4.80. The summed E-state index contributed by atoms with van der Waals surface area (Å²) in [4.78, 5) is 6.54. The summed E-state index contributed by atoms with van der Waals surface area (Å²) in [6.07, 6.45) is 4.69. The van der Waals surface area contributed by atoms with E-state index in [2.05, 4.69) is 37.5 Å². The molecule has 0 amide bonds. The Morgan fingerprint density at radius 3 is 2.93 bits per heavy atom. The van der Waals surface area contributed by atoms with Gasteiger partial charge in [-0.3, -0.25) is 9.88 Å². The van der Waals surface area contributed by atoms with Gasteiger partial charge in [-0.2, -0.15) is 5.10 Å². The Bertz CT molecular complexity index is 727. The molecule has 144 valence electrons. The maximum absolute atomic E-state index is 6.29. The smallest absolute Gasteiger partial charge is 0.148 e. The first-order valence-electron chi connectivity index (χ1n) is 9.58. The van der Waals surface area contributed by atoms with Crippen LogP contribution in [0, 0.1) is 12.8 Å². The number of aromatic nitrogens is 3. The number of hydrogen-bond acceptors (Lipinski definition) is 7. The Morgan fingerprint density at radius 1 is 1.22 bits per heavy atom. The average Bonchev–Trinajstić information content (AvgIpc) is 2.97. The Balaban J connectivity index is 1.34. The number of rotatable bonds is 5. The zero-order chi connectivity index (χ0) is 18.5. The molecular formula is C20H27N5O2. The molecule has 2 aliphatic rings. The Morgan fingerprint density at radius 2 is 2.11 bits per heavy atom. The predicted octanol–water partition coefficient (Wildman–Crippen LogP) is 1.90. The summed E-state index contributed by atoms with van der Waals surface area (Å²) in [7, 11) is 0. The number of anilines is 1. The van der Waals surface area contributed by atoms with Crippen molar-refractivity contribution in [3.8, 4) is 0 Å². The lowest BCUT2D eigenvalue weighted by atomic mass is 9.94. The molecule has 0 aliphatic carbocycles. The average molecular weight is 369 g/mol. The highest BCUT2D eigenvalue weighted by atomic mass is 16.5. The first kappa shape index (κ1) is 18.3. The summed E-state index contributed by atoms with van der Waals surface area (Å²) in [6.45, 7) is 7.67. The Labute approximate surface area is 160 Å². The molecule has 27 heavy (non-hydrogen) atoms. The van der Waals surface area contributed by atoms with Gasteiger partial charge in [0, 0.05) is 44.5 Å². The van der Waals surface area contributed by atoms with E-state index in [9.17, 15) is 0 Å². The van der Waals surface area contributed by atoms with Crippen molar-refractivity contribution in [1.29, 1.82) is 0 Å². The molecule has 2 fully saturated rings. The number of nitrogens with one attached hydrogen (secondary N) is 1. The normalized spacial score (nSPS) is 26.2. The minimum atomic E-state index is -0.213. The van der Waals surface area contributed by atoms with Crippen molar-refractivity contribution in [2.45, 2.75) is 25.5 Å². The van der Waals surface area contributed by atoms with E-state index < -0.39 is 0 Å². The van der Waals surface area contributed by atoms with Crippen LogP contribution in [0.5, 0.6) is 0 Å². The van der Waals surface area contributed by atoms with Crippen LogP contribution in [0.25, 0.3) is 0 Å². The van der Waals surface area contributed by atoms with Crippen LogP contribution < -0.4 is 5.32 Å². The molecule has 7 nitrogen and oxygen atoms in total. The van der Waals surface area contributed by atoms with E-state index in [1.54, 1.807) is 0 Å². The second kappa shape index (κ2) is 8.29. The number of aryl methyl sites for hydroxylation is 1. The van der Waals surface area contributed by atoms with Crippen LogP contribution in [-0.4, -0.2) is 65.1 Å². The van der Waals surface area contributed by atoms with Crippen molar-refractivity contribution < 1.29 is 9.47 Å². The highest BCUT2D eigenvalue weighted by molar-refractivity contribution is 5.32. The van der Waals surface area contributed by atoms with Crippen molar-refractivity contribution >= 4 is 5.82 Å². The molecule has 0 unspecified atom stereocenters. The molecule has 2 aliphatic heterocycles. The molecule has 2 atom stereocenters. The molecule has 2 aromatic heterocycles. The topological polar surface area (TPSA) is 72.4 Å². The van der Waals surface area contributed by atoms with Gasteiger partial charge < -0.3 is 14.8 Å². The Kier molecular flexibility index (Phi) is 5.61. The second-order valence-electron chi connectivity index (χ2n) is 7.62. The SMILES string of the molecule is Cc1ccc(NC[C@H]2CO[C@]3(COCCN(Cc4ccncc4)C3)C2)nn1. The molecule has 4 heterocycles. The van der Waals surface area contributed by atoms with Gasteiger partial charge in [0.2, 0.25) is 0 Å². The third-order valence-corrected chi connectivity index (χ3v) is 5.24. The largest absolute Gasteiger partial charge is 0.377 e. The van der Waals surface area contributed by atoms with Gasteiger partial charge in [0.15, 0.2) is 0 Å². The molecule has 1 spiro atoms. The quantitative estimate of drug-likeness (QED) is 0.863. The second-order valence-corrected chi connectivity index (χ2v) is 7.62. The minimum absolute atomic E-state index is 0.213. The molecule has 0 saturated carbocycles. The first-order chi connectivity index (χ1) is 13.2. The van der Waals surface area contributed by atoms with Crippen LogP contribution in [0.4, 0.5) is 5.82 Å². The summed E-state index contributed by atoms with van der Waals surface area (Å²) in [5.74, 6) is 1.26. The van der Waals surface area contributed by atoms with E-state index in [1.807, 2.05) is 31.5 Å². The minimum Gasteiger partial charge on any atom is -0.377 e. The summed E-state index contributed by atoms with van der Waals surface area (Å²) in [6, 6.07) is 8.09. The zero-order valence-corrected chi connectivity index (χ0v) is 15.8. The lowest BCUT2D eigenvalue weighted by Crippen LogP contribution is -2.43. The molecule has 0 bridgehead atoms. The number of ether oxygens (including phenoxy) is 2. The van der Waals surface area contributed by atoms with E-state index in [4.69, 9.17) is 9.47 Å². The van der Waals surface area contributed by atoms with Crippen LogP contribution >= 0.6 is 0 Å². The van der Waals surface area contributed by atoms with Crippen LogP contribution in [0.15, 0.2) is 36.7 Å². The Hall–Kier alpha value is -2.09. The van der Waals surface area contributed by atoms with Crippen molar-refractivity contribution in [2.75, 3.05) is 44.8 Å². The van der Waals surface area contributed by atoms with Crippen molar-refractivity contribution in [2.24, 2.45) is 5.92 Å². The molecule has 0 radical (unpaired) electrons. The van der Waals surface area contributed by atoms with Crippen LogP contribution in [0.2, 0.25) is 0 Å². The van der Waals surface area contributed by atoms with Crippen LogP contribution in [0.1, 0.15) is 17.7 Å². The van der Waals surface area contributed by atoms with Gasteiger partial charge in [-0.05, 0) is 43.2 Å². The highest BCUT2D eigenvalue weighted by Crippen LogP contribution is 2.33. The van der Waals surface area contributed by atoms with Gasteiger partial charge in [0.25, 0.3) is 0 Å². The maximum atomic E-state index is 6.29. The van der Waals surface area contributed by atoms with E-state index in [0.29, 0.717) is 12.5 Å². The zero-order valence-electron chi connectivity index (χ0n) is 15.8. The van der Waals surface area contributed by atoms with Gasteiger partial charge >= 0.3 is 0 Å². The van der Waals surface area contributed by atoms with E-state index >= 15 is 0 Å². The molecule has 0 aromatic carbocycles. The molecular weight excluding hydrogens is 342 g/mol. The van der Waals surface area contributed by atoms with Crippen molar-refractivity contribution in [1.82, 2.24) is 20.1 Å². The molecule has 1 N–H and O–H groups in total. The molecule has 2 saturated heterocycles. The van der Waals surface area contributed by atoms with E-state index in [0.717, 1.165) is 57.3 Å². The monoisotopic (exact) mass is 369 g/mol. The maximum Gasteiger partial charge on any atom is 0.148 e. The van der Waals surface area contributed by atoms with Crippen LogP contribution in [-0.2, 0) is 16.0 Å². The standard InChI is InChI=1S/C20H27N5O2/c1-16-2-3-19(24-23-16)22-11-18-10-20(27-13-18)14-25(8-9-26-15-20)12-17-4-6-21-7-5-17/h2-7,18H,8-15H2,1H3,(H,22,24)/t18-,20+/m0/s1.